The maximum atomic E-state index is 12.9. The van der Waals surface area contributed by atoms with Crippen molar-refractivity contribution in [1.82, 2.24) is 4.90 Å². The highest BCUT2D eigenvalue weighted by molar-refractivity contribution is 6.22. The zero-order valence-corrected chi connectivity index (χ0v) is 18.1. The highest BCUT2D eigenvalue weighted by Gasteiger charge is 2.45. The van der Waals surface area contributed by atoms with E-state index in [4.69, 9.17) is 4.74 Å². The molecule has 0 saturated heterocycles. The Kier molecular flexibility index (Phi) is 6.53. The van der Waals surface area contributed by atoms with Gasteiger partial charge in [0.2, 0.25) is 0 Å². The largest absolute Gasteiger partial charge is 0.454 e. The van der Waals surface area contributed by atoms with Crippen LogP contribution in [0.2, 0.25) is 0 Å². The zero-order chi connectivity index (χ0) is 22.7. The van der Waals surface area contributed by atoms with Crippen molar-refractivity contribution in [2.24, 2.45) is 5.92 Å². The Morgan fingerprint density at radius 2 is 1.65 bits per heavy atom. The van der Waals surface area contributed by atoms with Crippen LogP contribution in [0.4, 0.5) is 5.69 Å². The molecule has 0 aromatic heterocycles. The third kappa shape index (κ3) is 4.50. The molecule has 7 heteroatoms. The number of benzene rings is 2. The minimum atomic E-state index is -1.11. The fraction of sp³-hybridized carbons (Fsp3) is 0.333. The number of nitrogens with one attached hydrogen (secondary N) is 1. The van der Waals surface area contributed by atoms with Gasteiger partial charge in [-0.25, -0.2) is 4.79 Å². The summed E-state index contributed by atoms with van der Waals surface area (Å²) in [7, 11) is 0. The van der Waals surface area contributed by atoms with Crippen LogP contribution in [-0.2, 0) is 14.3 Å². The fourth-order valence-corrected chi connectivity index (χ4v) is 3.64. The molecule has 3 rings (SSSR count). The summed E-state index contributed by atoms with van der Waals surface area (Å²) < 4.78 is 5.24. The molecule has 3 amide bonds. The van der Waals surface area contributed by atoms with Crippen LogP contribution in [-0.4, -0.2) is 41.2 Å². The lowest BCUT2D eigenvalue weighted by molar-refractivity contribution is -0.152. The summed E-state index contributed by atoms with van der Waals surface area (Å²) in [6, 6.07) is 10.9. The van der Waals surface area contributed by atoms with Crippen molar-refractivity contribution in [1.29, 1.82) is 0 Å². The van der Waals surface area contributed by atoms with Gasteiger partial charge in [-0.3, -0.25) is 19.3 Å². The smallest absolute Gasteiger partial charge is 0.330 e. The first-order valence-electron chi connectivity index (χ1n) is 10.2. The Bertz CT molecular complexity index is 1010. The van der Waals surface area contributed by atoms with Crippen LogP contribution in [0.3, 0.4) is 0 Å². The Hall–Kier alpha value is -3.48. The van der Waals surface area contributed by atoms with Gasteiger partial charge in [0, 0.05) is 5.69 Å². The second-order valence-electron chi connectivity index (χ2n) is 7.83. The maximum Gasteiger partial charge on any atom is 0.330 e. The van der Waals surface area contributed by atoms with Gasteiger partial charge in [0.15, 0.2) is 6.61 Å². The number of anilines is 1. The van der Waals surface area contributed by atoms with Crippen molar-refractivity contribution < 1.29 is 23.9 Å². The molecule has 2 atom stereocenters. The standard InChI is InChI=1S/C24H26N2O5/c1-5-15(3)21(26-22(28)17-8-6-7-9-18(17)23(26)29)24(30)31-13-20(27)25-19-11-10-14(2)12-16(19)4/h6-12,15,21H,5,13H2,1-4H3,(H,25,27)/t15-,21-/m0/s1. The summed E-state index contributed by atoms with van der Waals surface area (Å²) in [5, 5.41) is 2.71. The summed E-state index contributed by atoms with van der Waals surface area (Å²) in [5.41, 5.74) is 3.12. The zero-order valence-electron chi connectivity index (χ0n) is 18.1. The molecule has 1 heterocycles. The number of imide groups is 1. The number of rotatable bonds is 7. The van der Waals surface area contributed by atoms with E-state index in [2.05, 4.69) is 5.32 Å². The van der Waals surface area contributed by atoms with Crippen LogP contribution in [0, 0.1) is 19.8 Å². The summed E-state index contributed by atoms with van der Waals surface area (Å²) in [6.07, 6.45) is 0.544. The number of esters is 1. The Morgan fingerprint density at radius 3 is 2.19 bits per heavy atom. The topological polar surface area (TPSA) is 92.8 Å². The van der Waals surface area contributed by atoms with Crippen molar-refractivity contribution in [3.63, 3.8) is 0 Å². The molecule has 2 aromatic carbocycles. The van der Waals surface area contributed by atoms with Gasteiger partial charge in [-0.15, -0.1) is 0 Å². The third-order valence-corrected chi connectivity index (χ3v) is 5.53. The fourth-order valence-electron chi connectivity index (χ4n) is 3.64. The molecule has 31 heavy (non-hydrogen) atoms. The molecular weight excluding hydrogens is 396 g/mol. The molecule has 7 nitrogen and oxygen atoms in total. The monoisotopic (exact) mass is 422 g/mol. The van der Waals surface area contributed by atoms with Crippen LogP contribution >= 0.6 is 0 Å². The first-order chi connectivity index (χ1) is 14.7. The first kappa shape index (κ1) is 22.2. The highest BCUT2D eigenvalue weighted by atomic mass is 16.5. The predicted octanol–water partition coefficient (Wildman–Crippen LogP) is 3.50. The van der Waals surface area contributed by atoms with Crippen molar-refractivity contribution >= 4 is 29.4 Å². The van der Waals surface area contributed by atoms with Crippen molar-refractivity contribution in [2.75, 3.05) is 11.9 Å². The van der Waals surface area contributed by atoms with Crippen LogP contribution in [0.15, 0.2) is 42.5 Å². The van der Waals surface area contributed by atoms with E-state index in [9.17, 15) is 19.2 Å². The van der Waals surface area contributed by atoms with Crippen molar-refractivity contribution in [3.05, 3.63) is 64.7 Å². The van der Waals surface area contributed by atoms with Gasteiger partial charge < -0.3 is 10.1 Å². The van der Waals surface area contributed by atoms with E-state index < -0.39 is 36.3 Å². The number of fused-ring (bicyclic) bond motifs is 1. The predicted molar refractivity (Wildman–Crippen MR) is 116 cm³/mol. The minimum Gasteiger partial charge on any atom is -0.454 e. The molecule has 0 saturated carbocycles. The van der Waals surface area contributed by atoms with Gasteiger partial charge >= 0.3 is 5.97 Å². The SMILES string of the molecule is CC[C@H](C)[C@@H](C(=O)OCC(=O)Nc1ccc(C)cc1C)N1C(=O)c2ccccc2C1=O. The number of carbonyl (C=O) groups is 4. The lowest BCUT2D eigenvalue weighted by Gasteiger charge is -2.28. The number of amides is 3. The van der Waals surface area contributed by atoms with Gasteiger partial charge in [0.05, 0.1) is 11.1 Å². The number of nitrogens with zero attached hydrogens (tertiary/aromatic N) is 1. The summed E-state index contributed by atoms with van der Waals surface area (Å²) in [6.45, 7) is 6.94. The van der Waals surface area contributed by atoms with Crippen LogP contribution < -0.4 is 5.32 Å². The molecule has 1 aliphatic rings. The molecule has 0 radical (unpaired) electrons. The molecule has 0 fully saturated rings. The Labute approximate surface area is 181 Å². The number of hydrogen-bond donors (Lipinski definition) is 1. The average molecular weight is 422 g/mol. The van der Waals surface area contributed by atoms with E-state index in [1.165, 1.54) is 0 Å². The molecular formula is C24H26N2O5. The van der Waals surface area contributed by atoms with E-state index in [1.807, 2.05) is 32.9 Å². The van der Waals surface area contributed by atoms with E-state index in [1.54, 1.807) is 37.3 Å². The quantitative estimate of drug-likeness (QED) is 0.545. The van der Waals surface area contributed by atoms with Crippen LogP contribution in [0.5, 0.6) is 0 Å². The summed E-state index contributed by atoms with van der Waals surface area (Å²) in [5.74, 6) is -2.66. The van der Waals surface area contributed by atoms with E-state index in [0.717, 1.165) is 16.0 Å². The number of ether oxygens (including phenoxy) is 1. The van der Waals surface area contributed by atoms with E-state index in [0.29, 0.717) is 12.1 Å². The molecule has 1 N–H and O–H groups in total. The maximum absolute atomic E-state index is 12.9. The van der Waals surface area contributed by atoms with Crippen LogP contribution in [0.25, 0.3) is 0 Å². The van der Waals surface area contributed by atoms with Gasteiger partial charge in [-0.2, -0.15) is 0 Å². The molecule has 0 spiro atoms. The van der Waals surface area contributed by atoms with E-state index in [-0.39, 0.29) is 17.0 Å². The van der Waals surface area contributed by atoms with Gasteiger partial charge in [-0.05, 0) is 43.5 Å². The first-order valence-corrected chi connectivity index (χ1v) is 10.2. The normalized spacial score (nSPS) is 14.8. The van der Waals surface area contributed by atoms with Gasteiger partial charge in [0.25, 0.3) is 17.7 Å². The number of hydrogen-bond acceptors (Lipinski definition) is 5. The molecule has 162 valence electrons. The lowest BCUT2D eigenvalue weighted by atomic mass is 9.97. The Morgan fingerprint density at radius 1 is 1.03 bits per heavy atom. The molecule has 0 unspecified atom stereocenters. The molecule has 0 aliphatic carbocycles. The third-order valence-electron chi connectivity index (χ3n) is 5.53. The second kappa shape index (κ2) is 9.12. The number of aryl methyl sites for hydroxylation is 2. The summed E-state index contributed by atoms with van der Waals surface area (Å²) >= 11 is 0. The van der Waals surface area contributed by atoms with Crippen molar-refractivity contribution in [2.45, 2.75) is 40.2 Å². The molecule has 0 bridgehead atoms. The Balaban J connectivity index is 1.72. The number of carbonyl (C=O) groups excluding carboxylic acids is 4. The van der Waals surface area contributed by atoms with Crippen LogP contribution in [0.1, 0.15) is 52.1 Å². The minimum absolute atomic E-state index is 0.265. The second-order valence-corrected chi connectivity index (χ2v) is 7.83. The molecule has 1 aliphatic heterocycles. The summed E-state index contributed by atoms with van der Waals surface area (Å²) in [4.78, 5) is 51.8. The van der Waals surface area contributed by atoms with Crippen molar-refractivity contribution in [3.8, 4) is 0 Å². The average Bonchev–Trinajstić information content (AvgIpc) is 2.99. The highest BCUT2D eigenvalue weighted by Crippen LogP contribution is 2.28. The molecule has 2 aromatic rings. The lowest BCUT2D eigenvalue weighted by Crippen LogP contribution is -2.49. The van der Waals surface area contributed by atoms with Gasteiger partial charge in [0.1, 0.15) is 6.04 Å². The van der Waals surface area contributed by atoms with E-state index >= 15 is 0 Å². The van der Waals surface area contributed by atoms with Gasteiger partial charge in [-0.1, -0.05) is 50.1 Å².